The third kappa shape index (κ3) is 3.42. The molecule has 104 valence electrons. The molecule has 0 aromatic heterocycles. The molecule has 6 nitrogen and oxygen atoms in total. The second-order valence-corrected chi connectivity index (χ2v) is 4.74. The second-order valence-electron chi connectivity index (χ2n) is 4.74. The Kier molecular flexibility index (Phi) is 4.34. The number of nitrogens with zero attached hydrogens (tertiary/aromatic N) is 1. The van der Waals surface area contributed by atoms with Crippen LogP contribution < -0.4 is 10.5 Å². The predicted octanol–water partition coefficient (Wildman–Crippen LogP) is 2.00. The van der Waals surface area contributed by atoms with Crippen molar-refractivity contribution in [2.24, 2.45) is 5.73 Å². The first-order valence-corrected chi connectivity index (χ1v) is 6.29. The van der Waals surface area contributed by atoms with Gasteiger partial charge in [0.05, 0.1) is 30.8 Å². The summed E-state index contributed by atoms with van der Waals surface area (Å²) >= 11 is 0. The summed E-state index contributed by atoms with van der Waals surface area (Å²) in [6.07, 6.45) is 3.05. The first-order chi connectivity index (χ1) is 9.10. The number of benzene rings is 1. The average molecular weight is 266 g/mol. The molecule has 0 heterocycles. The maximum absolute atomic E-state index is 10.8. The SMILES string of the molecule is COc1cc(COC2CCCC2N)cc([N+](=O)[O-])c1. The summed E-state index contributed by atoms with van der Waals surface area (Å²) in [5, 5.41) is 10.8. The van der Waals surface area contributed by atoms with Crippen molar-refractivity contribution < 1.29 is 14.4 Å². The molecule has 2 N–H and O–H groups in total. The lowest BCUT2D eigenvalue weighted by atomic mass is 10.2. The van der Waals surface area contributed by atoms with Gasteiger partial charge in [0.2, 0.25) is 0 Å². The summed E-state index contributed by atoms with van der Waals surface area (Å²) < 4.78 is 10.8. The largest absolute Gasteiger partial charge is 0.496 e. The average Bonchev–Trinajstić information content (AvgIpc) is 2.81. The van der Waals surface area contributed by atoms with Gasteiger partial charge in [-0.3, -0.25) is 10.1 Å². The number of ether oxygens (including phenoxy) is 2. The molecule has 0 amide bonds. The van der Waals surface area contributed by atoms with E-state index >= 15 is 0 Å². The fourth-order valence-corrected chi connectivity index (χ4v) is 2.31. The Balaban J connectivity index is 2.06. The molecule has 1 fully saturated rings. The normalized spacial score (nSPS) is 22.4. The molecule has 2 atom stereocenters. The lowest BCUT2D eigenvalue weighted by Crippen LogP contribution is -2.31. The molecular formula is C13H18N2O4. The van der Waals surface area contributed by atoms with Crippen molar-refractivity contribution in [2.75, 3.05) is 7.11 Å². The lowest BCUT2D eigenvalue weighted by Gasteiger charge is -2.16. The van der Waals surface area contributed by atoms with E-state index in [0.717, 1.165) is 24.8 Å². The zero-order chi connectivity index (χ0) is 13.8. The standard InChI is InChI=1S/C13H18N2O4/c1-18-11-6-9(5-10(7-11)15(16)17)8-19-13-4-2-3-12(13)14/h5-7,12-13H,2-4,8,14H2,1H3. The van der Waals surface area contributed by atoms with Crippen molar-refractivity contribution in [3.05, 3.63) is 33.9 Å². The summed E-state index contributed by atoms with van der Waals surface area (Å²) in [4.78, 5) is 10.4. The van der Waals surface area contributed by atoms with E-state index in [1.807, 2.05) is 0 Å². The molecule has 2 unspecified atom stereocenters. The van der Waals surface area contributed by atoms with Crippen LogP contribution in [0.5, 0.6) is 5.75 Å². The number of nitro groups is 1. The van der Waals surface area contributed by atoms with E-state index in [2.05, 4.69) is 0 Å². The van der Waals surface area contributed by atoms with Gasteiger partial charge in [-0.25, -0.2) is 0 Å². The molecule has 19 heavy (non-hydrogen) atoms. The highest BCUT2D eigenvalue weighted by atomic mass is 16.6. The Bertz CT molecular complexity index is 464. The van der Waals surface area contributed by atoms with Gasteiger partial charge in [0.15, 0.2) is 0 Å². The molecule has 0 bridgehead atoms. The van der Waals surface area contributed by atoms with Gasteiger partial charge in [-0.1, -0.05) is 0 Å². The monoisotopic (exact) mass is 266 g/mol. The Labute approximate surface area is 111 Å². The highest BCUT2D eigenvalue weighted by Gasteiger charge is 2.24. The van der Waals surface area contributed by atoms with Crippen LogP contribution in [0.3, 0.4) is 0 Å². The fraction of sp³-hybridized carbons (Fsp3) is 0.538. The van der Waals surface area contributed by atoms with Gasteiger partial charge in [0.25, 0.3) is 5.69 Å². The van der Waals surface area contributed by atoms with E-state index in [0.29, 0.717) is 12.4 Å². The van der Waals surface area contributed by atoms with Gasteiger partial charge in [-0.2, -0.15) is 0 Å². The predicted molar refractivity (Wildman–Crippen MR) is 70.1 cm³/mol. The Morgan fingerprint density at radius 3 is 2.79 bits per heavy atom. The maximum atomic E-state index is 10.8. The molecule has 6 heteroatoms. The van der Waals surface area contributed by atoms with E-state index in [-0.39, 0.29) is 17.8 Å². The Hall–Kier alpha value is -1.66. The second kappa shape index (κ2) is 5.99. The van der Waals surface area contributed by atoms with E-state index in [1.54, 1.807) is 6.07 Å². The molecule has 0 saturated heterocycles. The summed E-state index contributed by atoms with van der Waals surface area (Å²) in [6, 6.07) is 4.71. The van der Waals surface area contributed by atoms with Crippen molar-refractivity contribution >= 4 is 5.69 Å². The third-order valence-electron chi connectivity index (χ3n) is 3.37. The minimum absolute atomic E-state index is 0.00803. The van der Waals surface area contributed by atoms with Crippen LogP contribution in [0, 0.1) is 10.1 Å². The number of non-ortho nitro benzene ring substituents is 1. The molecule has 2 rings (SSSR count). The van der Waals surface area contributed by atoms with Crippen LogP contribution >= 0.6 is 0 Å². The van der Waals surface area contributed by atoms with E-state index in [1.165, 1.54) is 19.2 Å². The topological polar surface area (TPSA) is 87.6 Å². The number of nitrogens with two attached hydrogens (primary N) is 1. The number of methoxy groups -OCH3 is 1. The highest BCUT2D eigenvalue weighted by molar-refractivity contribution is 5.42. The van der Waals surface area contributed by atoms with Crippen LogP contribution in [0.2, 0.25) is 0 Å². The molecular weight excluding hydrogens is 248 g/mol. The minimum atomic E-state index is -0.437. The van der Waals surface area contributed by atoms with E-state index < -0.39 is 4.92 Å². The molecule has 1 aromatic carbocycles. The fourth-order valence-electron chi connectivity index (χ4n) is 2.31. The van der Waals surface area contributed by atoms with E-state index in [4.69, 9.17) is 15.2 Å². The zero-order valence-electron chi connectivity index (χ0n) is 10.9. The Morgan fingerprint density at radius 1 is 1.42 bits per heavy atom. The molecule has 1 aliphatic carbocycles. The number of nitro benzene ring substituents is 1. The molecule has 1 saturated carbocycles. The smallest absolute Gasteiger partial charge is 0.273 e. The first kappa shape index (κ1) is 13.8. The van der Waals surface area contributed by atoms with Crippen molar-refractivity contribution in [1.82, 2.24) is 0 Å². The molecule has 0 spiro atoms. The summed E-state index contributed by atoms with van der Waals surface area (Å²) in [5.41, 5.74) is 6.65. The molecule has 1 aliphatic rings. The molecule has 0 aliphatic heterocycles. The van der Waals surface area contributed by atoms with Crippen LogP contribution in [0.15, 0.2) is 18.2 Å². The number of rotatable bonds is 5. The van der Waals surface area contributed by atoms with Crippen LogP contribution in [0.4, 0.5) is 5.69 Å². The Morgan fingerprint density at radius 2 is 2.21 bits per heavy atom. The number of hydrogen-bond acceptors (Lipinski definition) is 5. The van der Waals surface area contributed by atoms with Crippen LogP contribution in [0.25, 0.3) is 0 Å². The van der Waals surface area contributed by atoms with Gasteiger partial charge < -0.3 is 15.2 Å². The van der Waals surface area contributed by atoms with Crippen LogP contribution in [-0.2, 0) is 11.3 Å². The van der Waals surface area contributed by atoms with E-state index in [9.17, 15) is 10.1 Å². The summed E-state index contributed by atoms with van der Waals surface area (Å²) in [6.45, 7) is 0.316. The minimum Gasteiger partial charge on any atom is -0.496 e. The highest BCUT2D eigenvalue weighted by Crippen LogP contribution is 2.25. The van der Waals surface area contributed by atoms with Crippen molar-refractivity contribution in [2.45, 2.75) is 38.0 Å². The molecule has 1 aromatic rings. The first-order valence-electron chi connectivity index (χ1n) is 6.29. The van der Waals surface area contributed by atoms with Crippen molar-refractivity contribution in [1.29, 1.82) is 0 Å². The van der Waals surface area contributed by atoms with Gasteiger partial charge in [0.1, 0.15) is 5.75 Å². The summed E-state index contributed by atoms with van der Waals surface area (Å²) in [7, 11) is 1.48. The van der Waals surface area contributed by atoms with Gasteiger partial charge in [0, 0.05) is 12.1 Å². The van der Waals surface area contributed by atoms with Crippen LogP contribution in [0.1, 0.15) is 24.8 Å². The van der Waals surface area contributed by atoms with Crippen molar-refractivity contribution in [3.63, 3.8) is 0 Å². The number of hydrogen-bond donors (Lipinski definition) is 1. The summed E-state index contributed by atoms with van der Waals surface area (Å²) in [5.74, 6) is 0.462. The van der Waals surface area contributed by atoms with Crippen molar-refractivity contribution in [3.8, 4) is 5.75 Å². The van der Waals surface area contributed by atoms with Gasteiger partial charge >= 0.3 is 0 Å². The maximum Gasteiger partial charge on any atom is 0.273 e. The van der Waals surface area contributed by atoms with Gasteiger partial charge in [-0.15, -0.1) is 0 Å². The van der Waals surface area contributed by atoms with Gasteiger partial charge in [-0.05, 0) is 30.9 Å². The van der Waals surface area contributed by atoms with Crippen LogP contribution in [-0.4, -0.2) is 24.2 Å². The lowest BCUT2D eigenvalue weighted by molar-refractivity contribution is -0.385. The zero-order valence-corrected chi connectivity index (χ0v) is 10.9. The third-order valence-corrected chi connectivity index (χ3v) is 3.37. The quantitative estimate of drug-likeness (QED) is 0.650. The molecule has 0 radical (unpaired) electrons.